The summed E-state index contributed by atoms with van der Waals surface area (Å²) in [4.78, 5) is 19.4. The maximum Gasteiger partial charge on any atom is 0.261 e. The largest absolute Gasteiger partial charge is 0.471 e. The zero-order valence-electron chi connectivity index (χ0n) is 15.2. The SMILES string of the molecule is Cn1ncc(-c2nc(-c3ccc(C(N)=O)cc3)no2)c1COc1ccc(F)cn1. The fraction of sp³-hybridized carbons (Fsp3) is 0.105. The Morgan fingerprint density at radius 2 is 2.00 bits per heavy atom. The fourth-order valence-electron chi connectivity index (χ4n) is 2.64. The van der Waals surface area contributed by atoms with Crippen LogP contribution in [0.1, 0.15) is 16.1 Å². The third-order valence-electron chi connectivity index (χ3n) is 4.20. The summed E-state index contributed by atoms with van der Waals surface area (Å²) < 4.78 is 25.6. The number of benzene rings is 1. The molecule has 0 spiro atoms. The average molecular weight is 394 g/mol. The van der Waals surface area contributed by atoms with Crippen LogP contribution in [0.4, 0.5) is 4.39 Å². The van der Waals surface area contributed by atoms with Crippen LogP contribution in [0, 0.1) is 5.82 Å². The average Bonchev–Trinajstić information content (AvgIpc) is 3.34. The fourth-order valence-corrected chi connectivity index (χ4v) is 2.64. The van der Waals surface area contributed by atoms with Gasteiger partial charge in [-0.25, -0.2) is 9.37 Å². The number of nitrogens with zero attached hydrogens (tertiary/aromatic N) is 5. The highest BCUT2D eigenvalue weighted by Crippen LogP contribution is 2.26. The Labute approximate surface area is 163 Å². The molecule has 0 unspecified atom stereocenters. The highest BCUT2D eigenvalue weighted by Gasteiger charge is 2.18. The number of nitrogens with two attached hydrogens (primary N) is 1. The Bertz CT molecular complexity index is 1150. The Morgan fingerprint density at radius 3 is 2.69 bits per heavy atom. The third kappa shape index (κ3) is 3.81. The van der Waals surface area contributed by atoms with Gasteiger partial charge in [-0.1, -0.05) is 17.3 Å². The summed E-state index contributed by atoms with van der Waals surface area (Å²) in [7, 11) is 1.75. The number of rotatable bonds is 6. The van der Waals surface area contributed by atoms with Crippen molar-refractivity contribution >= 4 is 5.91 Å². The molecule has 3 aromatic heterocycles. The smallest absolute Gasteiger partial charge is 0.261 e. The summed E-state index contributed by atoms with van der Waals surface area (Å²) in [6.45, 7) is 0.121. The van der Waals surface area contributed by atoms with Crippen LogP contribution in [-0.4, -0.2) is 30.8 Å². The van der Waals surface area contributed by atoms with Crippen LogP contribution in [0.5, 0.6) is 5.88 Å². The topological polar surface area (TPSA) is 122 Å². The van der Waals surface area contributed by atoms with Crippen LogP contribution in [0.25, 0.3) is 22.8 Å². The molecule has 146 valence electrons. The molecule has 0 aliphatic carbocycles. The second-order valence-electron chi connectivity index (χ2n) is 6.10. The van der Waals surface area contributed by atoms with Crippen LogP contribution in [-0.2, 0) is 13.7 Å². The van der Waals surface area contributed by atoms with Crippen LogP contribution in [0.2, 0.25) is 0 Å². The lowest BCUT2D eigenvalue weighted by Gasteiger charge is -2.06. The molecule has 4 rings (SSSR count). The van der Waals surface area contributed by atoms with Crippen LogP contribution in [0.15, 0.2) is 53.3 Å². The van der Waals surface area contributed by atoms with E-state index in [-0.39, 0.29) is 18.4 Å². The van der Waals surface area contributed by atoms with E-state index < -0.39 is 11.7 Å². The van der Waals surface area contributed by atoms with Crippen molar-refractivity contribution in [1.82, 2.24) is 24.9 Å². The Hall–Kier alpha value is -4.08. The molecule has 0 radical (unpaired) electrons. The molecule has 1 aromatic carbocycles. The highest BCUT2D eigenvalue weighted by molar-refractivity contribution is 5.93. The highest BCUT2D eigenvalue weighted by atomic mass is 19.1. The van der Waals surface area contributed by atoms with Crippen molar-refractivity contribution in [3.8, 4) is 28.7 Å². The predicted molar refractivity (Wildman–Crippen MR) is 99.0 cm³/mol. The summed E-state index contributed by atoms with van der Waals surface area (Å²) in [5.74, 6) is -0.0641. The lowest BCUT2D eigenvalue weighted by atomic mass is 10.1. The monoisotopic (exact) mass is 394 g/mol. The van der Waals surface area contributed by atoms with E-state index in [4.69, 9.17) is 15.0 Å². The van der Waals surface area contributed by atoms with Crippen molar-refractivity contribution in [3.05, 3.63) is 65.9 Å². The van der Waals surface area contributed by atoms with Gasteiger partial charge in [0.1, 0.15) is 12.4 Å². The molecule has 10 heteroatoms. The molecule has 3 heterocycles. The Morgan fingerprint density at radius 1 is 1.21 bits per heavy atom. The Kier molecular flexibility index (Phi) is 4.73. The van der Waals surface area contributed by atoms with Gasteiger partial charge in [0.05, 0.1) is 23.7 Å². The summed E-state index contributed by atoms with van der Waals surface area (Å²) in [5.41, 5.74) is 7.58. The van der Waals surface area contributed by atoms with E-state index in [0.29, 0.717) is 28.2 Å². The van der Waals surface area contributed by atoms with Gasteiger partial charge in [0.2, 0.25) is 17.6 Å². The zero-order valence-corrected chi connectivity index (χ0v) is 15.2. The molecule has 0 fully saturated rings. The van der Waals surface area contributed by atoms with Gasteiger partial charge in [-0.15, -0.1) is 0 Å². The molecule has 0 atom stereocenters. The van der Waals surface area contributed by atoms with E-state index in [2.05, 4.69) is 20.2 Å². The minimum absolute atomic E-state index is 0.121. The number of pyridine rings is 1. The number of carbonyl (C=O) groups excluding carboxylic acids is 1. The van der Waals surface area contributed by atoms with Crippen molar-refractivity contribution in [2.45, 2.75) is 6.61 Å². The molecule has 9 nitrogen and oxygen atoms in total. The van der Waals surface area contributed by atoms with Gasteiger partial charge in [-0.05, 0) is 18.2 Å². The molecular weight excluding hydrogens is 379 g/mol. The molecule has 0 saturated carbocycles. The van der Waals surface area contributed by atoms with E-state index in [1.54, 1.807) is 42.2 Å². The number of carbonyl (C=O) groups is 1. The number of ether oxygens (including phenoxy) is 1. The van der Waals surface area contributed by atoms with E-state index in [9.17, 15) is 9.18 Å². The molecule has 0 aliphatic rings. The first kappa shape index (κ1) is 18.3. The normalized spacial score (nSPS) is 10.8. The van der Waals surface area contributed by atoms with E-state index in [1.807, 2.05) is 0 Å². The second kappa shape index (κ2) is 7.50. The quantitative estimate of drug-likeness (QED) is 0.533. The summed E-state index contributed by atoms with van der Waals surface area (Å²) in [5, 5.41) is 8.19. The molecule has 0 saturated heterocycles. The van der Waals surface area contributed by atoms with Gasteiger partial charge in [0.15, 0.2) is 0 Å². The lowest BCUT2D eigenvalue weighted by molar-refractivity contribution is 0.100. The number of hydrogen-bond acceptors (Lipinski definition) is 7. The number of aryl methyl sites for hydroxylation is 1. The van der Waals surface area contributed by atoms with E-state index in [1.165, 1.54) is 12.1 Å². The second-order valence-corrected chi connectivity index (χ2v) is 6.10. The maximum absolute atomic E-state index is 13.0. The van der Waals surface area contributed by atoms with Gasteiger partial charge in [-0.2, -0.15) is 10.1 Å². The molecule has 1 amide bonds. The van der Waals surface area contributed by atoms with Gasteiger partial charge < -0.3 is 15.0 Å². The van der Waals surface area contributed by atoms with Crippen LogP contribution in [0.3, 0.4) is 0 Å². The van der Waals surface area contributed by atoms with Crippen molar-refractivity contribution in [1.29, 1.82) is 0 Å². The number of amides is 1. The standard InChI is InChI=1S/C19H15FN6O3/c1-26-15(10-28-16-7-6-13(20)8-22-16)14(9-23-26)19-24-18(25-29-19)12-4-2-11(3-5-12)17(21)27/h2-9H,10H2,1H3,(H2,21,27). The summed E-state index contributed by atoms with van der Waals surface area (Å²) >= 11 is 0. The van der Waals surface area contributed by atoms with Crippen LogP contribution >= 0.6 is 0 Å². The number of aromatic nitrogens is 5. The maximum atomic E-state index is 13.0. The Balaban J connectivity index is 1.56. The molecule has 29 heavy (non-hydrogen) atoms. The summed E-state index contributed by atoms with van der Waals surface area (Å²) in [6, 6.07) is 9.25. The molecule has 4 aromatic rings. The lowest BCUT2D eigenvalue weighted by Crippen LogP contribution is -2.10. The number of halogens is 1. The van der Waals surface area contributed by atoms with Crippen molar-refractivity contribution in [2.75, 3.05) is 0 Å². The minimum Gasteiger partial charge on any atom is -0.471 e. The minimum atomic E-state index is -0.513. The van der Waals surface area contributed by atoms with Crippen molar-refractivity contribution in [3.63, 3.8) is 0 Å². The number of primary amides is 1. The van der Waals surface area contributed by atoms with Crippen molar-refractivity contribution < 1.29 is 18.4 Å². The van der Waals surface area contributed by atoms with Gasteiger partial charge in [-0.3, -0.25) is 9.48 Å². The molecule has 2 N–H and O–H groups in total. The zero-order chi connectivity index (χ0) is 20.4. The van der Waals surface area contributed by atoms with Gasteiger partial charge in [0, 0.05) is 24.2 Å². The third-order valence-corrected chi connectivity index (χ3v) is 4.20. The number of hydrogen-bond donors (Lipinski definition) is 1. The first-order valence-corrected chi connectivity index (χ1v) is 8.51. The first-order chi connectivity index (χ1) is 14.0. The van der Waals surface area contributed by atoms with E-state index in [0.717, 1.165) is 6.20 Å². The van der Waals surface area contributed by atoms with Crippen molar-refractivity contribution in [2.24, 2.45) is 12.8 Å². The van der Waals surface area contributed by atoms with Gasteiger partial charge >= 0.3 is 0 Å². The molecule has 0 bridgehead atoms. The van der Waals surface area contributed by atoms with E-state index >= 15 is 0 Å². The predicted octanol–water partition coefficient (Wildman–Crippen LogP) is 2.35. The molecule has 0 aliphatic heterocycles. The van der Waals surface area contributed by atoms with Crippen LogP contribution < -0.4 is 10.5 Å². The summed E-state index contributed by atoms with van der Waals surface area (Å²) in [6.07, 6.45) is 2.66. The van der Waals surface area contributed by atoms with Gasteiger partial charge in [0.25, 0.3) is 5.89 Å². The molecular formula is C19H15FN6O3. The first-order valence-electron chi connectivity index (χ1n) is 8.51.